The lowest BCUT2D eigenvalue weighted by Gasteiger charge is -2.28. The largest absolute Gasteiger partial charge is 0.383 e. The first-order chi connectivity index (χ1) is 12.6. The van der Waals surface area contributed by atoms with E-state index < -0.39 is 0 Å². The van der Waals surface area contributed by atoms with Gasteiger partial charge in [-0.15, -0.1) is 0 Å². The van der Waals surface area contributed by atoms with Gasteiger partial charge in [0.05, 0.1) is 30.0 Å². The van der Waals surface area contributed by atoms with Crippen molar-refractivity contribution in [3.05, 3.63) is 46.6 Å². The summed E-state index contributed by atoms with van der Waals surface area (Å²) in [5.74, 6) is 0.386. The molecule has 1 aliphatic heterocycles. The second kappa shape index (κ2) is 6.74. The molecular formula is C19H19BrN4O2. The van der Waals surface area contributed by atoms with Crippen LogP contribution in [0.3, 0.4) is 0 Å². The molecule has 7 heteroatoms. The van der Waals surface area contributed by atoms with Gasteiger partial charge in [0.1, 0.15) is 5.82 Å². The van der Waals surface area contributed by atoms with Crippen LogP contribution < -0.4 is 5.73 Å². The molecule has 1 fully saturated rings. The van der Waals surface area contributed by atoms with Crippen molar-refractivity contribution in [2.45, 2.75) is 0 Å². The number of anilines is 1. The van der Waals surface area contributed by atoms with Gasteiger partial charge in [-0.2, -0.15) is 0 Å². The van der Waals surface area contributed by atoms with Gasteiger partial charge < -0.3 is 19.9 Å². The van der Waals surface area contributed by atoms with Crippen molar-refractivity contribution in [2.24, 2.45) is 7.05 Å². The van der Waals surface area contributed by atoms with Crippen LogP contribution in [0.25, 0.3) is 22.2 Å². The number of nitrogens with two attached hydrogens (primary N) is 1. The Morgan fingerprint density at radius 3 is 2.77 bits per heavy atom. The number of aromatic nitrogens is 2. The molecule has 4 rings (SSSR count). The van der Waals surface area contributed by atoms with E-state index in [0.717, 1.165) is 20.9 Å². The Balaban J connectivity index is 1.98. The molecule has 0 aliphatic carbocycles. The van der Waals surface area contributed by atoms with Gasteiger partial charge in [0.15, 0.2) is 0 Å². The Morgan fingerprint density at radius 1 is 1.27 bits per heavy atom. The number of carbonyl (C=O) groups is 1. The number of nitrogens with zero attached hydrogens (tertiary/aromatic N) is 3. The van der Waals surface area contributed by atoms with Crippen LogP contribution in [0, 0.1) is 0 Å². The van der Waals surface area contributed by atoms with Crippen LogP contribution >= 0.6 is 15.9 Å². The predicted molar refractivity (Wildman–Crippen MR) is 105 cm³/mol. The molecule has 0 atom stereocenters. The second-order valence-electron chi connectivity index (χ2n) is 6.32. The molecule has 26 heavy (non-hydrogen) atoms. The highest BCUT2D eigenvalue weighted by Gasteiger charge is 2.27. The van der Waals surface area contributed by atoms with E-state index in [4.69, 9.17) is 10.5 Å². The topological polar surface area (TPSA) is 73.4 Å². The van der Waals surface area contributed by atoms with Gasteiger partial charge in [0.25, 0.3) is 5.91 Å². The van der Waals surface area contributed by atoms with Crippen molar-refractivity contribution in [1.29, 1.82) is 0 Å². The molecule has 1 aromatic carbocycles. The van der Waals surface area contributed by atoms with Crippen molar-refractivity contribution in [1.82, 2.24) is 14.5 Å². The summed E-state index contributed by atoms with van der Waals surface area (Å²) < 4.78 is 8.25. The molecule has 1 aliphatic rings. The molecule has 0 unspecified atom stereocenters. The van der Waals surface area contributed by atoms with Gasteiger partial charge in [-0.3, -0.25) is 4.79 Å². The average Bonchev–Trinajstić information content (AvgIpc) is 3.04. The third-order valence-corrected chi connectivity index (χ3v) is 5.16. The van der Waals surface area contributed by atoms with Gasteiger partial charge in [0, 0.05) is 41.8 Å². The number of hydrogen-bond acceptors (Lipinski definition) is 4. The van der Waals surface area contributed by atoms with E-state index in [1.807, 2.05) is 53.0 Å². The zero-order valence-electron chi connectivity index (χ0n) is 14.4. The molecule has 2 aromatic heterocycles. The van der Waals surface area contributed by atoms with Crippen molar-refractivity contribution in [3.63, 3.8) is 0 Å². The smallest absolute Gasteiger partial charge is 0.258 e. The summed E-state index contributed by atoms with van der Waals surface area (Å²) in [4.78, 5) is 19.8. The number of fused-ring (bicyclic) bond motifs is 1. The first kappa shape index (κ1) is 17.1. The number of benzene rings is 1. The molecule has 0 bridgehead atoms. The Kier molecular flexibility index (Phi) is 4.42. The minimum absolute atomic E-state index is 0.0393. The number of halogens is 1. The summed E-state index contributed by atoms with van der Waals surface area (Å²) in [6, 6.07) is 9.66. The van der Waals surface area contributed by atoms with Crippen LogP contribution in [0.2, 0.25) is 0 Å². The zero-order valence-corrected chi connectivity index (χ0v) is 16.0. The maximum Gasteiger partial charge on any atom is 0.258 e. The van der Waals surface area contributed by atoms with Gasteiger partial charge in [0.2, 0.25) is 0 Å². The minimum Gasteiger partial charge on any atom is -0.383 e. The number of ether oxygens (including phenoxy) is 1. The Labute approximate surface area is 159 Å². The molecule has 3 aromatic rings. The van der Waals surface area contributed by atoms with Crippen LogP contribution in [0.15, 0.2) is 41.0 Å². The van der Waals surface area contributed by atoms with Crippen LogP contribution in [-0.2, 0) is 11.8 Å². The molecule has 2 N–H and O–H groups in total. The number of nitrogen functional groups attached to an aromatic ring is 1. The number of carbonyl (C=O) groups excluding carboxylic acids is 1. The van der Waals surface area contributed by atoms with Crippen molar-refractivity contribution < 1.29 is 9.53 Å². The van der Waals surface area contributed by atoms with Crippen LogP contribution in [0.1, 0.15) is 10.4 Å². The first-order valence-corrected chi connectivity index (χ1v) is 9.23. The van der Waals surface area contributed by atoms with E-state index in [1.54, 1.807) is 0 Å². The molecule has 0 spiro atoms. The van der Waals surface area contributed by atoms with E-state index in [0.29, 0.717) is 43.4 Å². The standard InChI is InChI=1S/C19H19BrN4O2/c1-23-6-5-14-17(23)15(19(25)24-7-9-26-10-8-24)16(22-18(14)21)12-3-2-4-13(20)11-12/h2-6,11H,7-10H2,1H3,(H2,21,22). The lowest BCUT2D eigenvalue weighted by molar-refractivity contribution is 0.0304. The average molecular weight is 415 g/mol. The van der Waals surface area contributed by atoms with Crippen LogP contribution in [0.5, 0.6) is 0 Å². The van der Waals surface area contributed by atoms with Crippen molar-refractivity contribution in [2.75, 3.05) is 32.0 Å². The summed E-state index contributed by atoms with van der Waals surface area (Å²) >= 11 is 3.50. The quantitative estimate of drug-likeness (QED) is 0.699. The monoisotopic (exact) mass is 414 g/mol. The van der Waals surface area contributed by atoms with Gasteiger partial charge >= 0.3 is 0 Å². The lowest BCUT2D eigenvalue weighted by Crippen LogP contribution is -2.41. The van der Waals surface area contributed by atoms with Gasteiger partial charge in [-0.05, 0) is 18.2 Å². The molecule has 6 nitrogen and oxygen atoms in total. The molecule has 0 radical (unpaired) electrons. The van der Waals surface area contributed by atoms with E-state index in [1.165, 1.54) is 0 Å². The minimum atomic E-state index is -0.0393. The molecular weight excluding hydrogens is 396 g/mol. The SMILES string of the molecule is Cn1ccc2c(N)nc(-c3cccc(Br)c3)c(C(=O)N3CCOCC3)c21. The summed E-state index contributed by atoms with van der Waals surface area (Å²) in [6.07, 6.45) is 1.91. The summed E-state index contributed by atoms with van der Waals surface area (Å²) in [6.45, 7) is 2.26. The Hall–Kier alpha value is -2.38. The fourth-order valence-electron chi connectivity index (χ4n) is 3.37. The van der Waals surface area contributed by atoms with Crippen molar-refractivity contribution in [3.8, 4) is 11.3 Å². The first-order valence-electron chi connectivity index (χ1n) is 8.43. The highest BCUT2D eigenvalue weighted by atomic mass is 79.9. The summed E-state index contributed by atoms with van der Waals surface area (Å²) in [5.41, 5.74) is 9.06. The lowest BCUT2D eigenvalue weighted by atomic mass is 10.0. The molecule has 3 heterocycles. The van der Waals surface area contributed by atoms with E-state index >= 15 is 0 Å². The van der Waals surface area contributed by atoms with Crippen LogP contribution in [-0.4, -0.2) is 46.7 Å². The number of rotatable bonds is 2. The van der Waals surface area contributed by atoms with Gasteiger partial charge in [-0.1, -0.05) is 28.1 Å². The Morgan fingerprint density at radius 2 is 2.04 bits per heavy atom. The zero-order chi connectivity index (χ0) is 18.3. The second-order valence-corrected chi connectivity index (χ2v) is 7.24. The number of aryl methyl sites for hydroxylation is 1. The van der Waals surface area contributed by atoms with E-state index in [-0.39, 0.29) is 5.91 Å². The third-order valence-electron chi connectivity index (χ3n) is 4.66. The van der Waals surface area contributed by atoms with E-state index in [9.17, 15) is 4.79 Å². The van der Waals surface area contributed by atoms with Crippen LogP contribution in [0.4, 0.5) is 5.82 Å². The van der Waals surface area contributed by atoms with Crippen molar-refractivity contribution >= 4 is 38.6 Å². The molecule has 134 valence electrons. The maximum atomic E-state index is 13.4. The number of hydrogen-bond donors (Lipinski definition) is 1. The fraction of sp³-hybridized carbons (Fsp3) is 0.263. The molecule has 0 saturated carbocycles. The summed E-state index contributed by atoms with van der Waals surface area (Å²) in [5, 5.41) is 0.794. The van der Waals surface area contributed by atoms with E-state index in [2.05, 4.69) is 20.9 Å². The third kappa shape index (κ3) is 2.87. The van der Waals surface area contributed by atoms with Gasteiger partial charge in [-0.25, -0.2) is 4.98 Å². The summed E-state index contributed by atoms with van der Waals surface area (Å²) in [7, 11) is 1.92. The Bertz CT molecular complexity index is 993. The molecule has 1 saturated heterocycles. The number of amides is 1. The highest BCUT2D eigenvalue weighted by Crippen LogP contribution is 2.34. The molecule has 1 amide bonds. The fourth-order valence-corrected chi connectivity index (χ4v) is 3.77. The normalized spacial score (nSPS) is 14.8. The predicted octanol–water partition coefficient (Wildman–Crippen LogP) is 3.06. The highest BCUT2D eigenvalue weighted by molar-refractivity contribution is 9.10. The number of morpholine rings is 1. The maximum absolute atomic E-state index is 13.4. The number of pyridine rings is 1.